The van der Waals surface area contributed by atoms with Gasteiger partial charge in [0.1, 0.15) is 0 Å². The van der Waals surface area contributed by atoms with Crippen LogP contribution in [0.2, 0.25) is 0 Å². The number of rotatable bonds is 6. The molecule has 0 N–H and O–H groups in total. The van der Waals surface area contributed by atoms with E-state index in [4.69, 9.17) is 11.6 Å². The van der Waals surface area contributed by atoms with E-state index >= 15 is 0 Å². The van der Waals surface area contributed by atoms with E-state index in [2.05, 4.69) is 34.6 Å². The van der Waals surface area contributed by atoms with Gasteiger partial charge >= 0.3 is 0 Å². The first-order valence-electron chi connectivity index (χ1n) is 13.4. The van der Waals surface area contributed by atoms with Gasteiger partial charge in [0.25, 0.3) is 5.00 Å². The smallest absolute Gasteiger partial charge is 0.263 e. The van der Waals surface area contributed by atoms with Crippen molar-refractivity contribution in [1.29, 1.82) is 0 Å². The van der Waals surface area contributed by atoms with Crippen molar-refractivity contribution in [2.75, 3.05) is 0 Å². The Hall–Kier alpha value is -0.310. The van der Waals surface area contributed by atoms with Crippen molar-refractivity contribution in [2.24, 2.45) is 52.3 Å². The van der Waals surface area contributed by atoms with Crippen LogP contribution in [-0.2, 0) is 0 Å². The van der Waals surface area contributed by atoms with Gasteiger partial charge in [0.2, 0.25) is 0 Å². The quantitative estimate of drug-likeness (QED) is 0.176. The number of halogens is 1. The molecule has 0 bridgehead atoms. The van der Waals surface area contributed by atoms with Crippen molar-refractivity contribution in [3.63, 3.8) is 0 Å². The minimum atomic E-state index is -1.24. The Kier molecular flexibility index (Phi) is 6.52. The number of alkyl halides is 1. The first-order chi connectivity index (χ1) is 14.5. The van der Waals surface area contributed by atoms with E-state index in [1.54, 1.807) is 0 Å². The molecule has 0 amide bonds. The van der Waals surface area contributed by atoms with E-state index < -0.39 is 5.00 Å². The Labute approximate surface area is 195 Å². The molecule has 0 aromatic heterocycles. The molecule has 4 aliphatic carbocycles. The third kappa shape index (κ3) is 3.77. The van der Waals surface area contributed by atoms with Crippen LogP contribution >= 0.6 is 11.6 Å². The third-order valence-corrected chi connectivity index (χ3v) is 11.7. The van der Waals surface area contributed by atoms with Gasteiger partial charge in [-0.3, -0.25) is 10.1 Å². The largest absolute Gasteiger partial charge is 0.298 e. The highest BCUT2D eigenvalue weighted by atomic mass is 35.5. The maximum atomic E-state index is 12.3. The summed E-state index contributed by atoms with van der Waals surface area (Å²) in [5.41, 5.74) is 0.406. The molecule has 4 saturated carbocycles. The molecule has 0 heterocycles. The molecule has 4 rings (SSSR count). The first kappa shape index (κ1) is 23.8. The predicted octanol–water partition coefficient (Wildman–Crippen LogP) is 8.32. The molecule has 0 saturated heterocycles. The molecule has 0 unspecified atom stereocenters. The molecule has 0 spiro atoms. The van der Waals surface area contributed by atoms with Crippen molar-refractivity contribution < 1.29 is 4.92 Å². The van der Waals surface area contributed by atoms with Crippen LogP contribution in [0, 0.1) is 62.4 Å². The van der Waals surface area contributed by atoms with Crippen molar-refractivity contribution in [1.82, 2.24) is 0 Å². The van der Waals surface area contributed by atoms with Gasteiger partial charge in [0, 0.05) is 11.3 Å². The Balaban J connectivity index is 1.58. The summed E-state index contributed by atoms with van der Waals surface area (Å²) in [6, 6.07) is 0. The minimum Gasteiger partial charge on any atom is -0.263 e. The predicted molar refractivity (Wildman–Crippen MR) is 129 cm³/mol. The molecule has 178 valence electrons. The average Bonchev–Trinajstić information content (AvgIpc) is 3.05. The van der Waals surface area contributed by atoms with E-state index in [9.17, 15) is 10.1 Å². The molecular weight excluding hydrogens is 406 g/mol. The van der Waals surface area contributed by atoms with Crippen LogP contribution in [0.1, 0.15) is 112 Å². The molecule has 4 fully saturated rings. The van der Waals surface area contributed by atoms with Gasteiger partial charge in [-0.1, -0.05) is 66.7 Å². The zero-order valence-corrected chi connectivity index (χ0v) is 21.4. The molecule has 31 heavy (non-hydrogen) atoms. The lowest BCUT2D eigenvalue weighted by Crippen LogP contribution is -2.62. The normalized spacial score (nSPS) is 48.0. The molecule has 0 aliphatic heterocycles. The molecule has 0 radical (unpaired) electrons. The molecule has 3 nitrogen and oxygen atoms in total. The van der Waals surface area contributed by atoms with Gasteiger partial charge in [-0.05, 0) is 96.5 Å². The molecule has 4 heteroatoms. The lowest BCUT2D eigenvalue weighted by Gasteiger charge is -2.62. The Morgan fingerprint density at radius 1 is 0.968 bits per heavy atom. The molecule has 0 aromatic carbocycles. The molecule has 0 aromatic rings. The summed E-state index contributed by atoms with van der Waals surface area (Å²) in [7, 11) is 0. The van der Waals surface area contributed by atoms with Gasteiger partial charge < -0.3 is 0 Å². The Bertz CT molecular complexity index is 682. The Morgan fingerprint density at radius 3 is 2.35 bits per heavy atom. The van der Waals surface area contributed by atoms with Crippen LogP contribution in [0.5, 0.6) is 0 Å². The van der Waals surface area contributed by atoms with Crippen LogP contribution in [0.15, 0.2) is 0 Å². The van der Waals surface area contributed by atoms with Gasteiger partial charge in [-0.2, -0.15) is 0 Å². The van der Waals surface area contributed by atoms with E-state index in [1.807, 2.05) is 0 Å². The number of nitro groups is 1. The summed E-state index contributed by atoms with van der Waals surface area (Å²) < 4.78 is 0. The summed E-state index contributed by atoms with van der Waals surface area (Å²) in [6.07, 6.45) is 14.2. The number of nitrogens with zero attached hydrogens (tertiary/aromatic N) is 1. The lowest BCUT2D eigenvalue weighted by molar-refractivity contribution is -0.567. The van der Waals surface area contributed by atoms with Crippen LogP contribution < -0.4 is 0 Å². The van der Waals surface area contributed by atoms with Crippen LogP contribution in [0.3, 0.4) is 0 Å². The fourth-order valence-corrected chi connectivity index (χ4v) is 10.2. The van der Waals surface area contributed by atoms with E-state index in [-0.39, 0.29) is 16.3 Å². The summed E-state index contributed by atoms with van der Waals surface area (Å²) in [5.74, 6) is 4.09. The number of hydrogen-bond acceptors (Lipinski definition) is 2. The van der Waals surface area contributed by atoms with Crippen molar-refractivity contribution in [3.8, 4) is 0 Å². The summed E-state index contributed by atoms with van der Waals surface area (Å²) in [5, 5.41) is 12.3. The minimum absolute atomic E-state index is 0.0446. The van der Waals surface area contributed by atoms with E-state index in [0.29, 0.717) is 29.6 Å². The fourth-order valence-electron chi connectivity index (χ4n) is 9.62. The molecular formula is C27H46ClNO2. The topological polar surface area (TPSA) is 43.1 Å². The van der Waals surface area contributed by atoms with E-state index in [0.717, 1.165) is 37.0 Å². The highest BCUT2D eigenvalue weighted by Crippen LogP contribution is 2.70. The molecule has 4 aliphatic rings. The fraction of sp³-hybridized carbons (Fsp3) is 1.00. The van der Waals surface area contributed by atoms with Crippen LogP contribution in [-0.4, -0.2) is 9.92 Å². The Morgan fingerprint density at radius 2 is 1.68 bits per heavy atom. The van der Waals surface area contributed by atoms with Crippen LogP contribution in [0.4, 0.5) is 0 Å². The van der Waals surface area contributed by atoms with Crippen molar-refractivity contribution in [2.45, 2.75) is 117 Å². The highest BCUT2D eigenvalue weighted by molar-refractivity contribution is 6.23. The van der Waals surface area contributed by atoms with Gasteiger partial charge in [-0.15, -0.1) is 0 Å². The number of hydrogen-bond donors (Lipinski definition) is 0. The zero-order chi connectivity index (χ0) is 22.6. The second kappa shape index (κ2) is 8.48. The third-order valence-electron chi connectivity index (χ3n) is 11.1. The first-order valence-corrected chi connectivity index (χ1v) is 13.7. The van der Waals surface area contributed by atoms with Gasteiger partial charge in [0.05, 0.1) is 5.92 Å². The van der Waals surface area contributed by atoms with Crippen molar-refractivity contribution >= 4 is 11.6 Å². The maximum absolute atomic E-state index is 12.3. The zero-order valence-electron chi connectivity index (χ0n) is 20.7. The summed E-state index contributed by atoms with van der Waals surface area (Å²) in [4.78, 5) is 11.0. The van der Waals surface area contributed by atoms with Gasteiger partial charge in [0.15, 0.2) is 0 Å². The maximum Gasteiger partial charge on any atom is 0.298 e. The second-order valence-electron chi connectivity index (χ2n) is 13.0. The SMILES string of the molecule is CC(C)CCC[C@@H](C)[C@@H]1CC[C@@H]2[C@@H]3C[C@@](Cl)([N+](=O)[O-])[C@H]4CCCC[C@]4(C)[C@H]3CC[C@@]21C. The van der Waals surface area contributed by atoms with Gasteiger partial charge in [-0.25, -0.2) is 0 Å². The summed E-state index contributed by atoms with van der Waals surface area (Å²) >= 11 is 7.03. The number of fused-ring (bicyclic) bond motifs is 5. The monoisotopic (exact) mass is 451 g/mol. The van der Waals surface area contributed by atoms with Crippen LogP contribution in [0.25, 0.3) is 0 Å². The lowest BCUT2D eigenvalue weighted by atomic mass is 9.43. The highest BCUT2D eigenvalue weighted by Gasteiger charge is 2.69. The van der Waals surface area contributed by atoms with E-state index in [1.165, 1.54) is 51.4 Å². The molecule has 9 atom stereocenters. The van der Waals surface area contributed by atoms with Crippen molar-refractivity contribution in [3.05, 3.63) is 10.1 Å². The second-order valence-corrected chi connectivity index (χ2v) is 13.6. The summed E-state index contributed by atoms with van der Waals surface area (Å²) in [6.45, 7) is 12.1. The standard InChI is InChI=1S/C27H46ClNO2/c1-18(2)9-8-10-19(3)21-12-13-22-20-17-27(28,29(30)31)24-11-6-7-15-26(24,5)23(20)14-16-25(21,22)4/h18-24H,6-17H2,1-5H3/t19-,20+,21+,22-,23+,24+,25-,26-,27-/m1/s1. The average molecular weight is 452 g/mol.